The van der Waals surface area contributed by atoms with Crippen molar-refractivity contribution in [3.05, 3.63) is 29.8 Å². The number of carbonyl (C=O) groups excluding carboxylic acids is 8. The normalized spacial score (nSPS) is 28.4. The third-order valence-corrected chi connectivity index (χ3v) is 14.7. The molecular weight excluding hydrogens is 1020 g/mol. The standard InChI is InChI=1S/C52H85N9O17/c1-5-27(2)22-28(3)12-10-8-6-7-9-11-13-39(69)55-33-24-37(67)50(78-21-19-53)59-49(75)43-35(65)18-20-60(43)52(77)41(36(66)25-38(54)68)57-48(74)42(45(71)44(70)30-14-16-31(63)17-15-30)58-47(73)34-23-32(64)26-61(34)51(76)40(29(4)62)56-46(33)72/h14-17,27-29,32-37,40-45,50,62-67,70-71H,5-13,18-26,53H2,1-4H3,(H2,54,68)(H,55,69)(H,56,72)(H,57,74)(H,58,73)(H,59,75)/t27?,28?,29-,32+,33-,34-,35-,36-,37+,40-,41-,42-,43-,44-,45-,50+/m0/s1. The molecule has 8 amide bonds. The zero-order valence-corrected chi connectivity index (χ0v) is 45.1. The molecule has 26 nitrogen and oxygen atoms in total. The van der Waals surface area contributed by atoms with E-state index in [9.17, 15) is 79.2 Å². The van der Waals surface area contributed by atoms with Gasteiger partial charge in [-0.3, -0.25) is 38.4 Å². The van der Waals surface area contributed by atoms with Crippen LogP contribution in [-0.4, -0.2) is 203 Å². The number of nitrogens with two attached hydrogens (primary N) is 2. The van der Waals surface area contributed by atoms with Crippen molar-refractivity contribution in [2.24, 2.45) is 23.3 Å². The Labute approximate surface area is 454 Å². The Morgan fingerprint density at radius 1 is 0.756 bits per heavy atom. The van der Waals surface area contributed by atoms with E-state index < -0.39 is 165 Å². The topological polar surface area (TPSA) is 426 Å². The summed E-state index contributed by atoms with van der Waals surface area (Å²) in [5.74, 6) is -8.30. The molecule has 0 aliphatic carbocycles. The summed E-state index contributed by atoms with van der Waals surface area (Å²) in [6.45, 7) is 6.33. The highest BCUT2D eigenvalue weighted by Crippen LogP contribution is 2.27. The van der Waals surface area contributed by atoms with Crippen molar-refractivity contribution in [1.82, 2.24) is 36.4 Å². The predicted octanol–water partition coefficient (Wildman–Crippen LogP) is -3.36. The second kappa shape index (κ2) is 31.3. The van der Waals surface area contributed by atoms with Crippen LogP contribution < -0.4 is 38.1 Å². The Hall–Kier alpha value is -5.58. The van der Waals surface area contributed by atoms with Crippen molar-refractivity contribution in [2.75, 3.05) is 26.2 Å². The number of unbranched alkanes of at least 4 members (excludes halogenated alkanes) is 5. The zero-order chi connectivity index (χ0) is 58.0. The van der Waals surface area contributed by atoms with Crippen molar-refractivity contribution in [2.45, 2.75) is 203 Å². The smallest absolute Gasteiger partial charge is 0.248 e. The number of hydrogen-bond acceptors (Lipinski definition) is 18. The molecule has 0 saturated carbocycles. The lowest BCUT2D eigenvalue weighted by molar-refractivity contribution is -0.150. The molecule has 16 atom stereocenters. The number of fused-ring (bicyclic) bond motifs is 2. The van der Waals surface area contributed by atoms with Crippen LogP contribution in [0.15, 0.2) is 24.3 Å². The molecule has 3 aliphatic heterocycles. The van der Waals surface area contributed by atoms with E-state index in [2.05, 4.69) is 47.4 Å². The average Bonchev–Trinajstić information content (AvgIpc) is 4.01. The number of primary amides is 1. The van der Waals surface area contributed by atoms with Gasteiger partial charge in [-0.05, 0) is 55.7 Å². The van der Waals surface area contributed by atoms with Gasteiger partial charge in [0.25, 0.3) is 0 Å². The lowest BCUT2D eigenvalue weighted by atomic mass is 9.91. The van der Waals surface area contributed by atoms with E-state index in [1.54, 1.807) is 0 Å². The summed E-state index contributed by atoms with van der Waals surface area (Å²) < 4.78 is 5.70. The molecule has 3 saturated heterocycles. The first-order chi connectivity index (χ1) is 36.9. The Morgan fingerprint density at radius 3 is 2.00 bits per heavy atom. The van der Waals surface area contributed by atoms with E-state index in [-0.39, 0.29) is 37.3 Å². The van der Waals surface area contributed by atoms with Crippen LogP contribution in [-0.2, 0) is 43.1 Å². The van der Waals surface area contributed by atoms with E-state index in [4.69, 9.17) is 16.2 Å². The van der Waals surface area contributed by atoms with Crippen molar-refractivity contribution in [1.29, 1.82) is 0 Å². The molecule has 3 heterocycles. The predicted molar refractivity (Wildman–Crippen MR) is 278 cm³/mol. The van der Waals surface area contributed by atoms with E-state index >= 15 is 0 Å². The molecule has 0 radical (unpaired) electrons. The number of rotatable bonds is 23. The van der Waals surface area contributed by atoms with Crippen LogP contribution >= 0.6 is 0 Å². The summed E-state index contributed by atoms with van der Waals surface area (Å²) in [4.78, 5) is 114. The van der Waals surface area contributed by atoms with Crippen molar-refractivity contribution >= 4 is 47.3 Å². The van der Waals surface area contributed by atoms with E-state index in [0.717, 1.165) is 67.4 Å². The van der Waals surface area contributed by atoms with Gasteiger partial charge < -0.3 is 93.4 Å². The number of carbonyl (C=O) groups is 8. The molecule has 17 N–H and O–H groups in total. The largest absolute Gasteiger partial charge is 0.508 e. The Morgan fingerprint density at radius 2 is 1.37 bits per heavy atom. The number of nitrogens with one attached hydrogen (secondary N) is 5. The van der Waals surface area contributed by atoms with Crippen molar-refractivity contribution in [3.63, 3.8) is 0 Å². The SMILES string of the molecule is CCC(C)CC(C)CCCCCCCCC(=O)N[C@H]1C[C@@H](O)[C@@H](OCCN)NC(=O)[C@@H]2[C@@H](O)CCN2C(=O)[C@H]([C@@H](O)CC(N)=O)NC(=O)[C@H]([C@H](O)[C@@H](O)c2ccc(O)cc2)NC(=O)[C@@H]2C[C@@H](O)CN2C(=O)[C@H]([C@H](C)O)NC1=O. The maximum absolute atomic E-state index is 14.6. The monoisotopic (exact) mass is 1110 g/mol. The van der Waals surface area contributed by atoms with Crippen LogP contribution in [0.3, 0.4) is 0 Å². The zero-order valence-electron chi connectivity index (χ0n) is 45.1. The second-order valence-electron chi connectivity index (χ2n) is 21.2. The molecule has 440 valence electrons. The molecular formula is C52H85N9O17. The molecule has 0 bridgehead atoms. The van der Waals surface area contributed by atoms with Crippen LogP contribution in [0.1, 0.15) is 129 Å². The number of phenolic OH excluding ortho intramolecular Hbond substituents is 1. The summed E-state index contributed by atoms with van der Waals surface area (Å²) in [5.41, 5.74) is 11.0. The number of amides is 8. The number of hydrogen-bond donors (Lipinski definition) is 15. The summed E-state index contributed by atoms with van der Waals surface area (Å²) in [6.07, 6.45) is -9.20. The summed E-state index contributed by atoms with van der Waals surface area (Å²) in [7, 11) is 0. The van der Waals surface area contributed by atoms with Gasteiger partial charge in [0.1, 0.15) is 60.3 Å². The molecule has 2 unspecified atom stereocenters. The molecule has 1 aromatic carbocycles. The van der Waals surface area contributed by atoms with Crippen molar-refractivity contribution < 1.29 is 83.9 Å². The lowest BCUT2D eigenvalue weighted by Gasteiger charge is -2.34. The highest BCUT2D eigenvalue weighted by molar-refractivity contribution is 5.98. The van der Waals surface area contributed by atoms with E-state index in [1.165, 1.54) is 18.6 Å². The van der Waals surface area contributed by atoms with Crippen LogP contribution in [0.4, 0.5) is 0 Å². The molecule has 0 aromatic heterocycles. The quantitative estimate of drug-likeness (QED) is 0.0476. The molecule has 4 rings (SSSR count). The summed E-state index contributed by atoms with van der Waals surface area (Å²) in [5, 5.41) is 101. The number of aliphatic hydroxyl groups excluding tert-OH is 7. The van der Waals surface area contributed by atoms with Crippen LogP contribution in [0, 0.1) is 11.8 Å². The van der Waals surface area contributed by atoms with Gasteiger partial charge in [-0.15, -0.1) is 0 Å². The lowest BCUT2D eigenvalue weighted by Crippen LogP contribution is -2.64. The number of nitrogens with zero attached hydrogens (tertiary/aromatic N) is 2. The number of benzene rings is 1. The Kier molecular flexibility index (Phi) is 26.0. The fourth-order valence-electron chi connectivity index (χ4n) is 10.1. The number of phenols is 1. The minimum atomic E-state index is -2.36. The van der Waals surface area contributed by atoms with Gasteiger partial charge in [-0.2, -0.15) is 0 Å². The van der Waals surface area contributed by atoms with Gasteiger partial charge in [-0.1, -0.05) is 77.8 Å². The second-order valence-corrected chi connectivity index (χ2v) is 21.2. The maximum atomic E-state index is 14.6. The molecule has 3 aliphatic rings. The molecule has 0 spiro atoms. The minimum absolute atomic E-state index is 0.0611. The summed E-state index contributed by atoms with van der Waals surface area (Å²) >= 11 is 0. The molecule has 1 aromatic rings. The first-order valence-corrected chi connectivity index (χ1v) is 27.2. The number of ether oxygens (including phenoxy) is 1. The van der Waals surface area contributed by atoms with Crippen LogP contribution in [0.5, 0.6) is 5.75 Å². The number of aromatic hydroxyl groups is 1. The molecule has 26 heteroatoms. The van der Waals surface area contributed by atoms with Gasteiger partial charge in [0.2, 0.25) is 47.3 Å². The minimum Gasteiger partial charge on any atom is -0.508 e. The third kappa shape index (κ3) is 18.8. The van der Waals surface area contributed by atoms with Gasteiger partial charge >= 0.3 is 0 Å². The number of aliphatic hydroxyl groups is 7. The average molecular weight is 1110 g/mol. The van der Waals surface area contributed by atoms with Crippen molar-refractivity contribution in [3.8, 4) is 5.75 Å². The summed E-state index contributed by atoms with van der Waals surface area (Å²) in [6, 6.07) is -7.20. The highest BCUT2D eigenvalue weighted by Gasteiger charge is 2.49. The molecule has 78 heavy (non-hydrogen) atoms. The molecule has 3 fully saturated rings. The Bertz CT molecular complexity index is 2160. The van der Waals surface area contributed by atoms with Crippen LogP contribution in [0.2, 0.25) is 0 Å². The van der Waals surface area contributed by atoms with Gasteiger partial charge in [-0.25, -0.2) is 0 Å². The first-order valence-electron chi connectivity index (χ1n) is 27.2. The van der Waals surface area contributed by atoms with Crippen LogP contribution in [0.25, 0.3) is 0 Å². The Balaban J connectivity index is 1.74. The maximum Gasteiger partial charge on any atom is 0.248 e. The fourth-order valence-corrected chi connectivity index (χ4v) is 10.1. The van der Waals surface area contributed by atoms with Gasteiger partial charge in [0.05, 0.1) is 37.4 Å². The highest BCUT2D eigenvalue weighted by atomic mass is 16.5. The third-order valence-electron chi connectivity index (χ3n) is 14.7. The first kappa shape index (κ1) is 64.9. The van der Waals surface area contributed by atoms with E-state index in [0.29, 0.717) is 24.7 Å². The van der Waals surface area contributed by atoms with Gasteiger partial charge in [0, 0.05) is 38.9 Å². The fraction of sp³-hybridized carbons (Fsp3) is 0.731. The van der Waals surface area contributed by atoms with Gasteiger partial charge in [0.15, 0.2) is 6.23 Å². The van der Waals surface area contributed by atoms with E-state index in [1.807, 2.05) is 0 Å².